The van der Waals surface area contributed by atoms with Crippen LogP contribution in [-0.4, -0.2) is 20.2 Å². The van der Waals surface area contributed by atoms with E-state index >= 15 is 0 Å². The van der Waals surface area contributed by atoms with Gasteiger partial charge in [-0.1, -0.05) is 41.9 Å². The van der Waals surface area contributed by atoms with Crippen molar-refractivity contribution in [2.75, 3.05) is 10.6 Å². The van der Waals surface area contributed by atoms with E-state index in [1.54, 1.807) is 0 Å². The van der Waals surface area contributed by atoms with Crippen molar-refractivity contribution in [3.8, 4) is 11.3 Å². The third-order valence-corrected chi connectivity index (χ3v) is 4.13. The van der Waals surface area contributed by atoms with E-state index in [1.807, 2.05) is 73.7 Å². The number of aryl methyl sites for hydroxylation is 1. The number of benzene rings is 2. The molecular weight excluding hydrogens is 360 g/mol. The molecule has 0 saturated carbocycles. The van der Waals surface area contributed by atoms with E-state index in [4.69, 9.17) is 11.6 Å². The number of nitrogens with one attached hydrogen (secondary N) is 3. The lowest BCUT2D eigenvalue weighted by Gasteiger charge is -2.08. The molecule has 0 fully saturated rings. The van der Waals surface area contributed by atoms with Crippen molar-refractivity contribution in [2.24, 2.45) is 0 Å². The second-order valence-electron chi connectivity index (χ2n) is 6.01. The van der Waals surface area contributed by atoms with Crippen molar-refractivity contribution in [3.05, 3.63) is 77.4 Å². The smallest absolute Gasteiger partial charge is 0.229 e. The van der Waals surface area contributed by atoms with Gasteiger partial charge in [0.05, 0.1) is 5.69 Å². The third-order valence-electron chi connectivity index (χ3n) is 3.87. The lowest BCUT2D eigenvalue weighted by Crippen LogP contribution is -2.02. The molecule has 27 heavy (non-hydrogen) atoms. The van der Waals surface area contributed by atoms with Gasteiger partial charge in [0, 0.05) is 28.5 Å². The highest BCUT2D eigenvalue weighted by molar-refractivity contribution is 6.30. The number of halogens is 1. The molecule has 4 aromatic rings. The Balaban J connectivity index is 1.53. The van der Waals surface area contributed by atoms with Crippen molar-refractivity contribution >= 4 is 34.9 Å². The highest BCUT2D eigenvalue weighted by Gasteiger charge is 2.07. The van der Waals surface area contributed by atoms with Gasteiger partial charge in [0.2, 0.25) is 5.95 Å². The fourth-order valence-corrected chi connectivity index (χ4v) is 2.76. The Morgan fingerprint density at radius 3 is 2.41 bits per heavy atom. The van der Waals surface area contributed by atoms with E-state index in [1.165, 1.54) is 0 Å². The van der Waals surface area contributed by atoms with E-state index < -0.39 is 0 Å². The first-order valence-electron chi connectivity index (χ1n) is 8.42. The van der Waals surface area contributed by atoms with Gasteiger partial charge >= 0.3 is 0 Å². The number of hydrogen-bond acceptors (Lipinski definition) is 5. The Labute approximate surface area is 161 Å². The van der Waals surface area contributed by atoms with E-state index in [9.17, 15) is 0 Å². The Morgan fingerprint density at radius 1 is 0.852 bits per heavy atom. The standard InChI is InChI=1S/C20H17ClN6/c1-13-11-18(25-20(22-13)23-16-9-7-15(21)8-10-16)24-19-12-17(26-27-19)14-5-3-2-4-6-14/h2-12H,1H3,(H3,22,23,24,25,26,27). The largest absolute Gasteiger partial charge is 0.324 e. The average Bonchev–Trinajstić information content (AvgIpc) is 3.12. The Hall–Kier alpha value is -3.38. The highest BCUT2D eigenvalue weighted by Crippen LogP contribution is 2.23. The molecule has 2 aromatic carbocycles. The van der Waals surface area contributed by atoms with Gasteiger partial charge in [0.1, 0.15) is 5.82 Å². The van der Waals surface area contributed by atoms with Gasteiger partial charge in [-0.15, -0.1) is 0 Å². The zero-order chi connectivity index (χ0) is 18.6. The summed E-state index contributed by atoms with van der Waals surface area (Å²) in [7, 11) is 0. The third kappa shape index (κ3) is 4.24. The molecule has 6 nitrogen and oxygen atoms in total. The van der Waals surface area contributed by atoms with Crippen LogP contribution in [0, 0.1) is 6.92 Å². The fourth-order valence-electron chi connectivity index (χ4n) is 2.63. The molecule has 0 spiro atoms. The van der Waals surface area contributed by atoms with Crippen molar-refractivity contribution in [1.29, 1.82) is 0 Å². The molecule has 2 aromatic heterocycles. The summed E-state index contributed by atoms with van der Waals surface area (Å²) in [5, 5.41) is 14.4. The summed E-state index contributed by atoms with van der Waals surface area (Å²) in [5.74, 6) is 1.84. The van der Waals surface area contributed by atoms with Gasteiger partial charge in [-0.2, -0.15) is 10.1 Å². The van der Waals surface area contributed by atoms with Crippen LogP contribution in [0.4, 0.5) is 23.3 Å². The minimum absolute atomic E-state index is 0.499. The Kier molecular flexibility index (Phi) is 4.72. The van der Waals surface area contributed by atoms with Crippen LogP contribution in [0.25, 0.3) is 11.3 Å². The molecule has 0 bridgehead atoms. The zero-order valence-electron chi connectivity index (χ0n) is 14.6. The fraction of sp³-hybridized carbons (Fsp3) is 0.0500. The first-order valence-corrected chi connectivity index (χ1v) is 8.80. The molecule has 2 heterocycles. The lowest BCUT2D eigenvalue weighted by atomic mass is 10.2. The molecule has 3 N–H and O–H groups in total. The maximum atomic E-state index is 5.92. The van der Waals surface area contributed by atoms with Gasteiger partial charge in [0.15, 0.2) is 5.82 Å². The SMILES string of the molecule is Cc1cc(Nc2cc(-c3ccccc3)[nH]n2)nc(Nc2ccc(Cl)cc2)n1. The van der Waals surface area contributed by atoms with Gasteiger partial charge in [-0.25, -0.2) is 4.98 Å². The second-order valence-corrected chi connectivity index (χ2v) is 6.44. The molecule has 0 amide bonds. The number of anilines is 4. The number of aromatic nitrogens is 4. The maximum absolute atomic E-state index is 5.92. The molecular formula is C20H17ClN6. The number of H-pyrrole nitrogens is 1. The van der Waals surface area contributed by atoms with E-state index in [-0.39, 0.29) is 0 Å². The van der Waals surface area contributed by atoms with Crippen LogP contribution in [0.3, 0.4) is 0 Å². The van der Waals surface area contributed by atoms with Crippen LogP contribution in [0.1, 0.15) is 5.69 Å². The number of nitrogens with zero attached hydrogens (tertiary/aromatic N) is 3. The minimum atomic E-state index is 0.499. The van der Waals surface area contributed by atoms with Crippen molar-refractivity contribution in [3.63, 3.8) is 0 Å². The minimum Gasteiger partial charge on any atom is -0.324 e. The summed E-state index contributed by atoms with van der Waals surface area (Å²) in [6.07, 6.45) is 0. The van der Waals surface area contributed by atoms with Crippen LogP contribution in [0.15, 0.2) is 66.7 Å². The normalized spacial score (nSPS) is 10.6. The molecule has 7 heteroatoms. The number of hydrogen-bond donors (Lipinski definition) is 3. The maximum Gasteiger partial charge on any atom is 0.229 e. The Bertz CT molecular complexity index is 1040. The number of aromatic amines is 1. The second kappa shape index (κ2) is 7.47. The van der Waals surface area contributed by atoms with Crippen LogP contribution in [0.5, 0.6) is 0 Å². The molecule has 0 atom stereocenters. The van der Waals surface area contributed by atoms with Gasteiger partial charge < -0.3 is 10.6 Å². The van der Waals surface area contributed by atoms with Crippen LogP contribution in [-0.2, 0) is 0 Å². The quantitative estimate of drug-likeness (QED) is 0.439. The summed E-state index contributed by atoms with van der Waals surface area (Å²) >= 11 is 5.92. The van der Waals surface area contributed by atoms with Gasteiger partial charge in [-0.05, 0) is 36.8 Å². The molecule has 0 aliphatic carbocycles. The van der Waals surface area contributed by atoms with Crippen molar-refractivity contribution in [1.82, 2.24) is 20.2 Å². The van der Waals surface area contributed by atoms with Gasteiger partial charge in [-0.3, -0.25) is 5.10 Å². The molecule has 0 aliphatic rings. The predicted molar refractivity (Wildman–Crippen MR) is 109 cm³/mol. The Morgan fingerprint density at radius 2 is 1.63 bits per heavy atom. The van der Waals surface area contributed by atoms with Crippen LogP contribution in [0.2, 0.25) is 5.02 Å². The highest BCUT2D eigenvalue weighted by atomic mass is 35.5. The zero-order valence-corrected chi connectivity index (χ0v) is 15.3. The first kappa shape index (κ1) is 17.1. The topological polar surface area (TPSA) is 78.5 Å². The lowest BCUT2D eigenvalue weighted by molar-refractivity contribution is 1.08. The number of rotatable bonds is 5. The van der Waals surface area contributed by atoms with Crippen LogP contribution < -0.4 is 10.6 Å². The van der Waals surface area contributed by atoms with Crippen molar-refractivity contribution < 1.29 is 0 Å². The molecule has 134 valence electrons. The summed E-state index contributed by atoms with van der Waals surface area (Å²) in [5.41, 5.74) is 3.70. The molecule has 0 aliphatic heterocycles. The first-order chi connectivity index (χ1) is 13.2. The van der Waals surface area contributed by atoms with Crippen molar-refractivity contribution in [2.45, 2.75) is 6.92 Å². The van der Waals surface area contributed by atoms with E-state index in [2.05, 4.69) is 30.8 Å². The summed E-state index contributed by atoms with van der Waals surface area (Å²) < 4.78 is 0. The molecule has 0 unspecified atom stereocenters. The van der Waals surface area contributed by atoms with Gasteiger partial charge in [0.25, 0.3) is 0 Å². The molecule has 0 radical (unpaired) electrons. The summed E-state index contributed by atoms with van der Waals surface area (Å²) in [6, 6.07) is 21.2. The van der Waals surface area contributed by atoms with E-state index in [0.717, 1.165) is 22.6 Å². The predicted octanol–water partition coefficient (Wildman–Crippen LogP) is 5.32. The summed E-state index contributed by atoms with van der Waals surface area (Å²) in [6.45, 7) is 1.92. The average molecular weight is 377 g/mol. The molecule has 4 rings (SSSR count). The summed E-state index contributed by atoms with van der Waals surface area (Å²) in [4.78, 5) is 8.93. The van der Waals surface area contributed by atoms with Crippen LogP contribution >= 0.6 is 11.6 Å². The molecule has 0 saturated heterocycles. The monoisotopic (exact) mass is 376 g/mol. The van der Waals surface area contributed by atoms with E-state index in [0.29, 0.717) is 22.6 Å².